The van der Waals surface area contributed by atoms with Gasteiger partial charge in [-0.25, -0.2) is 0 Å². The third kappa shape index (κ3) is 4.13. The van der Waals surface area contributed by atoms with Crippen LogP contribution in [0.1, 0.15) is 72.1 Å². The van der Waals surface area contributed by atoms with Crippen molar-refractivity contribution in [3.63, 3.8) is 0 Å². The van der Waals surface area contributed by atoms with Gasteiger partial charge >= 0.3 is 5.97 Å². The molecule has 0 aromatic rings. The number of hydrogen-bond donors (Lipinski definition) is 0. The first-order valence-corrected chi connectivity index (χ1v) is 13.6. The predicted octanol–water partition coefficient (Wildman–Crippen LogP) is 5.80. The number of amides is 1. The standard InChI is InChI=1S/C26H39Cl2NO3/c1-17(30)32-19-8-10-25(2)18(16-19)4-5-20-21-6-7-23(26(21,3)11-9-22(20)25)24(31)29(14-12-27)15-13-28/h4,19-23H,5-16H2,1-3H3/t19-,20-,21-,22-,23+,25-,26-/m0/s1. The molecule has 3 saturated carbocycles. The fourth-order valence-corrected chi connectivity index (χ4v) is 8.53. The molecule has 0 unspecified atom stereocenters. The number of carbonyl (C=O) groups excluding carboxylic acids is 2. The second-order valence-electron chi connectivity index (χ2n) is 11.1. The minimum absolute atomic E-state index is 0.0422. The number of rotatable bonds is 6. The molecule has 0 saturated heterocycles. The van der Waals surface area contributed by atoms with Gasteiger partial charge in [0.25, 0.3) is 0 Å². The van der Waals surface area contributed by atoms with Gasteiger partial charge in [-0.15, -0.1) is 23.2 Å². The minimum atomic E-state index is -0.166. The van der Waals surface area contributed by atoms with Crippen LogP contribution >= 0.6 is 23.2 Å². The Morgan fingerprint density at radius 3 is 2.44 bits per heavy atom. The van der Waals surface area contributed by atoms with Crippen LogP contribution in [0.15, 0.2) is 11.6 Å². The molecular formula is C26H39Cl2NO3. The average Bonchev–Trinajstić information content (AvgIpc) is 3.10. The molecule has 4 aliphatic carbocycles. The van der Waals surface area contributed by atoms with Gasteiger partial charge in [0, 0.05) is 44.1 Å². The second-order valence-corrected chi connectivity index (χ2v) is 11.9. The van der Waals surface area contributed by atoms with Crippen LogP contribution in [0.25, 0.3) is 0 Å². The topological polar surface area (TPSA) is 46.6 Å². The first-order chi connectivity index (χ1) is 15.2. The second kappa shape index (κ2) is 9.49. The van der Waals surface area contributed by atoms with Crippen LogP contribution in [0, 0.1) is 34.5 Å². The van der Waals surface area contributed by atoms with Gasteiger partial charge in [-0.1, -0.05) is 25.5 Å². The van der Waals surface area contributed by atoms with Gasteiger partial charge in [0.1, 0.15) is 6.10 Å². The highest BCUT2D eigenvalue weighted by Gasteiger charge is 2.60. The number of allylic oxidation sites excluding steroid dienone is 1. The van der Waals surface area contributed by atoms with E-state index in [-0.39, 0.29) is 34.7 Å². The molecule has 32 heavy (non-hydrogen) atoms. The normalized spacial score (nSPS) is 40.5. The largest absolute Gasteiger partial charge is 0.462 e. The maximum Gasteiger partial charge on any atom is 0.302 e. The maximum atomic E-state index is 13.5. The molecule has 6 heteroatoms. The summed E-state index contributed by atoms with van der Waals surface area (Å²) in [4.78, 5) is 26.9. The van der Waals surface area contributed by atoms with Crippen LogP contribution in [0.3, 0.4) is 0 Å². The Balaban J connectivity index is 1.53. The third-order valence-corrected chi connectivity index (χ3v) is 10.0. The molecule has 0 aliphatic heterocycles. The summed E-state index contributed by atoms with van der Waals surface area (Å²) in [6.07, 6.45) is 11.1. The van der Waals surface area contributed by atoms with Crippen LogP contribution < -0.4 is 0 Å². The Morgan fingerprint density at radius 1 is 1.06 bits per heavy atom. The number of nitrogens with zero attached hydrogens (tertiary/aromatic N) is 1. The molecule has 0 heterocycles. The zero-order chi connectivity index (χ0) is 23.1. The molecule has 3 fully saturated rings. The van der Waals surface area contributed by atoms with Gasteiger partial charge in [-0.3, -0.25) is 9.59 Å². The van der Waals surface area contributed by atoms with E-state index >= 15 is 0 Å². The van der Waals surface area contributed by atoms with E-state index in [9.17, 15) is 9.59 Å². The summed E-state index contributed by atoms with van der Waals surface area (Å²) < 4.78 is 5.57. The molecule has 1 amide bonds. The van der Waals surface area contributed by atoms with Crippen molar-refractivity contribution in [3.8, 4) is 0 Å². The predicted molar refractivity (Wildman–Crippen MR) is 129 cm³/mol. The van der Waals surface area contributed by atoms with Crippen LogP contribution in [-0.2, 0) is 14.3 Å². The lowest BCUT2D eigenvalue weighted by atomic mass is 9.47. The van der Waals surface area contributed by atoms with E-state index in [2.05, 4.69) is 19.9 Å². The highest BCUT2D eigenvalue weighted by Crippen LogP contribution is 2.66. The van der Waals surface area contributed by atoms with Crippen LogP contribution in [0.5, 0.6) is 0 Å². The molecule has 180 valence electrons. The van der Waals surface area contributed by atoms with Gasteiger partial charge in [-0.2, -0.15) is 0 Å². The lowest BCUT2D eigenvalue weighted by Crippen LogP contribution is -2.52. The number of fused-ring (bicyclic) bond motifs is 5. The van der Waals surface area contributed by atoms with E-state index in [0.717, 1.165) is 44.9 Å². The van der Waals surface area contributed by atoms with Crippen molar-refractivity contribution < 1.29 is 14.3 Å². The van der Waals surface area contributed by atoms with Gasteiger partial charge in [-0.05, 0) is 73.5 Å². The summed E-state index contributed by atoms with van der Waals surface area (Å²) in [7, 11) is 0. The summed E-state index contributed by atoms with van der Waals surface area (Å²) >= 11 is 12.0. The summed E-state index contributed by atoms with van der Waals surface area (Å²) in [5, 5.41) is 0. The summed E-state index contributed by atoms with van der Waals surface area (Å²) in [5.74, 6) is 3.05. The Hall–Kier alpha value is -0.740. The summed E-state index contributed by atoms with van der Waals surface area (Å²) in [5.41, 5.74) is 1.80. The number of ether oxygens (including phenoxy) is 1. The van der Waals surface area contributed by atoms with Crippen LogP contribution in [0.2, 0.25) is 0 Å². The Labute approximate surface area is 203 Å². The molecule has 0 radical (unpaired) electrons. The quantitative estimate of drug-likeness (QED) is 0.272. The molecule has 0 bridgehead atoms. The SMILES string of the molecule is CC(=O)O[C@H]1CC[C@@]2(C)C(=CC[C@H]3[C@@H]4CC[C@H](C(=O)N(CCCl)CCCl)[C@@]4(C)CC[C@@H]32)C1. The van der Waals surface area contributed by atoms with E-state index in [4.69, 9.17) is 27.9 Å². The zero-order valence-electron chi connectivity index (χ0n) is 19.9. The first-order valence-electron chi connectivity index (χ1n) is 12.5. The van der Waals surface area contributed by atoms with E-state index in [1.807, 2.05) is 4.90 Å². The molecule has 0 N–H and O–H groups in total. The Morgan fingerprint density at radius 2 is 1.78 bits per heavy atom. The summed E-state index contributed by atoms with van der Waals surface area (Å²) in [6.45, 7) is 7.54. The van der Waals surface area contributed by atoms with Crippen LogP contribution in [0.4, 0.5) is 0 Å². The monoisotopic (exact) mass is 483 g/mol. The fraction of sp³-hybridized carbons (Fsp3) is 0.846. The zero-order valence-corrected chi connectivity index (χ0v) is 21.4. The first kappa shape index (κ1) is 24.4. The van der Waals surface area contributed by atoms with E-state index in [0.29, 0.717) is 42.6 Å². The van der Waals surface area contributed by atoms with Gasteiger partial charge in [0.2, 0.25) is 5.91 Å². The minimum Gasteiger partial charge on any atom is -0.462 e. The van der Waals surface area contributed by atoms with Crippen molar-refractivity contribution in [1.82, 2.24) is 4.90 Å². The fourth-order valence-electron chi connectivity index (χ4n) is 8.13. The Bertz CT molecular complexity index is 764. The van der Waals surface area contributed by atoms with E-state index < -0.39 is 0 Å². The smallest absolute Gasteiger partial charge is 0.302 e. The average molecular weight is 485 g/mol. The number of esters is 1. The van der Waals surface area contributed by atoms with Gasteiger partial charge in [0.05, 0.1) is 0 Å². The van der Waals surface area contributed by atoms with E-state index in [1.54, 1.807) is 0 Å². The molecular weight excluding hydrogens is 445 g/mol. The van der Waals surface area contributed by atoms with E-state index in [1.165, 1.54) is 18.9 Å². The van der Waals surface area contributed by atoms with Crippen molar-refractivity contribution in [2.75, 3.05) is 24.8 Å². The molecule has 4 aliphatic rings. The molecule has 0 spiro atoms. The molecule has 4 rings (SSSR count). The van der Waals surface area contributed by atoms with Gasteiger partial charge < -0.3 is 9.64 Å². The highest BCUT2D eigenvalue weighted by molar-refractivity contribution is 6.18. The third-order valence-electron chi connectivity index (χ3n) is 9.71. The lowest BCUT2D eigenvalue weighted by Gasteiger charge is -2.58. The maximum absolute atomic E-state index is 13.5. The van der Waals surface area contributed by atoms with Crippen LogP contribution in [-0.4, -0.2) is 47.7 Å². The molecule has 0 aromatic carbocycles. The van der Waals surface area contributed by atoms with Crippen molar-refractivity contribution in [1.29, 1.82) is 0 Å². The van der Waals surface area contributed by atoms with Gasteiger partial charge in [0.15, 0.2) is 0 Å². The number of halogens is 2. The highest BCUT2D eigenvalue weighted by atomic mass is 35.5. The van der Waals surface area contributed by atoms with Crippen molar-refractivity contribution in [3.05, 3.63) is 11.6 Å². The van der Waals surface area contributed by atoms with Crippen molar-refractivity contribution >= 4 is 35.1 Å². The number of carbonyl (C=O) groups is 2. The molecule has 7 atom stereocenters. The number of alkyl halides is 2. The summed E-state index contributed by atoms with van der Waals surface area (Å²) in [6, 6.07) is 0. The Kier molecular flexibility index (Phi) is 7.23. The molecule has 4 nitrogen and oxygen atoms in total. The van der Waals surface area contributed by atoms with Crippen molar-refractivity contribution in [2.24, 2.45) is 34.5 Å². The van der Waals surface area contributed by atoms with Crippen molar-refractivity contribution in [2.45, 2.75) is 78.2 Å². The molecule has 0 aromatic heterocycles. The number of hydrogen-bond acceptors (Lipinski definition) is 3. The lowest BCUT2D eigenvalue weighted by molar-refractivity contribution is -0.149.